The van der Waals surface area contributed by atoms with Crippen LogP contribution in [0.3, 0.4) is 0 Å². The van der Waals surface area contributed by atoms with Gasteiger partial charge in [-0.05, 0) is 52.4 Å². The Morgan fingerprint density at radius 2 is 2.08 bits per heavy atom. The van der Waals surface area contributed by atoms with Gasteiger partial charge in [0.05, 0.1) is 0 Å². The molecule has 1 nitrogen and oxygen atoms in total. The first-order valence-electron chi connectivity index (χ1n) is 3.93. The quantitative estimate of drug-likeness (QED) is 0.737. The maximum Gasteiger partial charge on any atom is 0.124 e. The largest absolute Gasteiger partial charge is 0.398 e. The van der Waals surface area contributed by atoms with Crippen LogP contribution in [0.25, 0.3) is 0 Å². The van der Waals surface area contributed by atoms with Gasteiger partial charge in [0.2, 0.25) is 0 Å². The van der Waals surface area contributed by atoms with Gasteiger partial charge >= 0.3 is 0 Å². The summed E-state index contributed by atoms with van der Waals surface area (Å²) in [7, 11) is 0. The highest BCUT2D eigenvalue weighted by Gasteiger charge is 2.26. The first-order valence-corrected chi connectivity index (χ1v) is 4.72. The first kappa shape index (κ1) is 8.05. The summed E-state index contributed by atoms with van der Waals surface area (Å²) in [5.41, 5.74) is 7.43. The van der Waals surface area contributed by atoms with Crippen molar-refractivity contribution >= 4 is 21.6 Å². The van der Waals surface area contributed by atoms with Crippen molar-refractivity contribution in [3.8, 4) is 0 Å². The normalized spacial score (nSPS) is 16.5. The van der Waals surface area contributed by atoms with Gasteiger partial charge in [0, 0.05) is 10.2 Å². The molecule has 0 unspecified atom stereocenters. The minimum absolute atomic E-state index is 0.210. The van der Waals surface area contributed by atoms with Crippen molar-refractivity contribution in [2.75, 3.05) is 5.73 Å². The third-order valence-corrected chi connectivity index (χ3v) is 2.80. The van der Waals surface area contributed by atoms with Crippen molar-refractivity contribution in [3.05, 3.63) is 28.0 Å². The van der Waals surface area contributed by atoms with Crippen molar-refractivity contribution in [2.24, 2.45) is 0 Å². The monoisotopic (exact) mass is 229 g/mol. The first-order chi connectivity index (χ1) is 5.68. The van der Waals surface area contributed by atoms with Gasteiger partial charge in [-0.15, -0.1) is 0 Å². The molecule has 0 spiro atoms. The Labute approximate surface area is 78.9 Å². The molecule has 0 radical (unpaired) electrons. The maximum absolute atomic E-state index is 12.9. The van der Waals surface area contributed by atoms with Crippen molar-refractivity contribution in [1.29, 1.82) is 0 Å². The predicted octanol–water partition coefficient (Wildman–Crippen LogP) is 3.05. The lowest BCUT2D eigenvalue weighted by Crippen LogP contribution is -1.95. The Morgan fingerprint density at radius 3 is 2.67 bits per heavy atom. The number of rotatable bonds is 1. The summed E-state index contributed by atoms with van der Waals surface area (Å²) >= 11 is 3.23. The standard InChI is InChI=1S/C9H9BrFN/c10-8-4-6(11)3-7(9(8)12)5-1-2-5/h3-5H,1-2,12H2. The molecule has 3 heteroatoms. The molecule has 0 aliphatic heterocycles. The van der Waals surface area contributed by atoms with Crippen LogP contribution in [-0.2, 0) is 0 Å². The number of anilines is 1. The Bertz CT molecular complexity index is 321. The average Bonchev–Trinajstić information content (AvgIpc) is 2.79. The van der Waals surface area contributed by atoms with E-state index >= 15 is 0 Å². The molecule has 1 aliphatic carbocycles. The number of nitrogen functional groups attached to an aromatic ring is 1. The van der Waals surface area contributed by atoms with Gasteiger partial charge in [-0.25, -0.2) is 4.39 Å². The lowest BCUT2D eigenvalue weighted by Gasteiger charge is -2.05. The predicted molar refractivity (Wildman–Crippen MR) is 50.5 cm³/mol. The Morgan fingerprint density at radius 1 is 1.42 bits per heavy atom. The summed E-state index contributed by atoms with van der Waals surface area (Å²) in [6.45, 7) is 0. The summed E-state index contributed by atoms with van der Waals surface area (Å²) in [6.07, 6.45) is 2.28. The van der Waals surface area contributed by atoms with E-state index in [2.05, 4.69) is 15.9 Å². The summed E-state index contributed by atoms with van der Waals surface area (Å²) in [5.74, 6) is 0.287. The van der Waals surface area contributed by atoms with Crippen LogP contribution in [0.5, 0.6) is 0 Å². The second-order valence-corrected chi connectivity index (χ2v) is 4.02. The lowest BCUT2D eigenvalue weighted by molar-refractivity contribution is 0.625. The van der Waals surface area contributed by atoms with Crippen LogP contribution >= 0.6 is 15.9 Å². The van der Waals surface area contributed by atoms with Crippen molar-refractivity contribution in [3.63, 3.8) is 0 Å². The molecule has 1 aromatic carbocycles. The molecule has 1 aliphatic rings. The highest BCUT2D eigenvalue weighted by molar-refractivity contribution is 9.10. The summed E-state index contributed by atoms with van der Waals surface area (Å²) < 4.78 is 13.6. The van der Waals surface area contributed by atoms with Crippen LogP contribution < -0.4 is 5.73 Å². The molecule has 0 amide bonds. The second-order valence-electron chi connectivity index (χ2n) is 3.16. The van der Waals surface area contributed by atoms with Crippen LogP contribution in [0.2, 0.25) is 0 Å². The van der Waals surface area contributed by atoms with Crippen LogP contribution in [0.15, 0.2) is 16.6 Å². The molecule has 0 aromatic heterocycles. The summed E-state index contributed by atoms with van der Waals surface area (Å²) in [6, 6.07) is 2.94. The molecule has 64 valence electrons. The van der Waals surface area contributed by atoms with E-state index in [4.69, 9.17) is 5.73 Å². The molecular formula is C9H9BrFN. The Kier molecular flexibility index (Phi) is 1.83. The average molecular weight is 230 g/mol. The van der Waals surface area contributed by atoms with E-state index in [9.17, 15) is 4.39 Å². The topological polar surface area (TPSA) is 26.0 Å². The molecule has 1 aromatic rings. The van der Waals surface area contributed by atoms with Gasteiger partial charge in [0.15, 0.2) is 0 Å². The van der Waals surface area contributed by atoms with Crippen LogP contribution in [0, 0.1) is 5.82 Å². The molecule has 1 fully saturated rings. The number of benzene rings is 1. The van der Waals surface area contributed by atoms with Crippen molar-refractivity contribution in [2.45, 2.75) is 18.8 Å². The van der Waals surface area contributed by atoms with Gasteiger partial charge in [-0.2, -0.15) is 0 Å². The molecule has 0 atom stereocenters. The fourth-order valence-electron chi connectivity index (χ4n) is 1.34. The van der Waals surface area contributed by atoms with E-state index in [0.717, 1.165) is 18.4 Å². The second kappa shape index (κ2) is 2.73. The molecule has 1 saturated carbocycles. The van der Waals surface area contributed by atoms with Gasteiger partial charge in [0.1, 0.15) is 5.82 Å². The van der Waals surface area contributed by atoms with Crippen LogP contribution in [-0.4, -0.2) is 0 Å². The number of nitrogens with two attached hydrogens (primary N) is 1. The van der Waals surface area contributed by atoms with Crippen LogP contribution in [0.4, 0.5) is 10.1 Å². The lowest BCUT2D eigenvalue weighted by atomic mass is 10.1. The zero-order chi connectivity index (χ0) is 8.72. The maximum atomic E-state index is 12.9. The zero-order valence-electron chi connectivity index (χ0n) is 6.48. The smallest absolute Gasteiger partial charge is 0.124 e. The van der Waals surface area contributed by atoms with E-state index < -0.39 is 0 Å². The third kappa shape index (κ3) is 1.33. The number of hydrogen-bond donors (Lipinski definition) is 1. The molecule has 2 N–H and O–H groups in total. The van der Waals surface area contributed by atoms with Crippen molar-refractivity contribution < 1.29 is 4.39 Å². The fraction of sp³-hybridized carbons (Fsp3) is 0.333. The minimum Gasteiger partial charge on any atom is -0.398 e. The van der Waals surface area contributed by atoms with Gasteiger partial charge in [-0.1, -0.05) is 0 Å². The molecule has 0 heterocycles. The Hall–Kier alpha value is -0.570. The third-order valence-electron chi connectivity index (χ3n) is 2.14. The van der Waals surface area contributed by atoms with E-state index in [1.54, 1.807) is 0 Å². The summed E-state index contributed by atoms with van der Waals surface area (Å²) in [4.78, 5) is 0. The SMILES string of the molecule is Nc1c(Br)cc(F)cc1C1CC1. The Balaban J connectivity index is 2.51. The van der Waals surface area contributed by atoms with E-state index in [-0.39, 0.29) is 5.82 Å². The molecule has 0 saturated heterocycles. The minimum atomic E-state index is -0.210. The van der Waals surface area contributed by atoms with Gasteiger partial charge < -0.3 is 5.73 Å². The molecule has 12 heavy (non-hydrogen) atoms. The zero-order valence-corrected chi connectivity index (χ0v) is 8.07. The van der Waals surface area contributed by atoms with E-state index in [1.165, 1.54) is 12.1 Å². The fourth-order valence-corrected chi connectivity index (χ4v) is 1.78. The molecule has 0 bridgehead atoms. The van der Waals surface area contributed by atoms with Crippen LogP contribution in [0.1, 0.15) is 24.3 Å². The number of hydrogen-bond acceptors (Lipinski definition) is 1. The van der Waals surface area contributed by atoms with Gasteiger partial charge in [0.25, 0.3) is 0 Å². The molecule has 2 rings (SSSR count). The van der Waals surface area contributed by atoms with Crippen molar-refractivity contribution in [1.82, 2.24) is 0 Å². The highest BCUT2D eigenvalue weighted by Crippen LogP contribution is 2.44. The van der Waals surface area contributed by atoms with E-state index in [1.807, 2.05) is 0 Å². The molecular weight excluding hydrogens is 221 g/mol. The van der Waals surface area contributed by atoms with E-state index in [0.29, 0.717) is 16.1 Å². The number of halogens is 2. The summed E-state index contributed by atoms with van der Waals surface area (Å²) in [5, 5.41) is 0. The van der Waals surface area contributed by atoms with Gasteiger partial charge in [-0.3, -0.25) is 0 Å². The highest BCUT2D eigenvalue weighted by atomic mass is 79.9.